The number of rotatable bonds is 1. The monoisotopic (exact) mass is 353 g/mol. The van der Waals surface area contributed by atoms with Crippen LogP contribution in [0.3, 0.4) is 0 Å². The van der Waals surface area contributed by atoms with Gasteiger partial charge in [-0.1, -0.05) is 0 Å². The Morgan fingerprint density at radius 1 is 1.33 bits per heavy atom. The minimum Gasteiger partial charge on any atom is -0.378 e. The third kappa shape index (κ3) is 2.13. The Balaban J connectivity index is 1.76. The first kappa shape index (κ1) is 13.4. The number of aromatic nitrogens is 4. The summed E-state index contributed by atoms with van der Waals surface area (Å²) in [5.74, 6) is 0.912. The number of anilines is 1. The topological polar surface area (TPSA) is 65.3 Å². The summed E-state index contributed by atoms with van der Waals surface area (Å²) < 4.78 is 14.1. The summed E-state index contributed by atoms with van der Waals surface area (Å²) in [4.78, 5) is 11.1. The molecule has 2 aromatic heterocycles. The van der Waals surface area contributed by atoms with E-state index < -0.39 is 0 Å². The van der Waals surface area contributed by atoms with E-state index in [4.69, 9.17) is 9.47 Å². The van der Waals surface area contributed by atoms with E-state index in [0.29, 0.717) is 13.2 Å². The molecule has 0 radical (unpaired) electrons. The first-order valence-corrected chi connectivity index (χ1v) is 7.78. The van der Waals surface area contributed by atoms with Gasteiger partial charge in [-0.25, -0.2) is 14.6 Å². The highest BCUT2D eigenvalue weighted by Crippen LogP contribution is 2.34. The van der Waals surface area contributed by atoms with Crippen LogP contribution < -0.4 is 4.90 Å². The summed E-state index contributed by atoms with van der Waals surface area (Å²) in [5.41, 5.74) is 0.639. The van der Waals surface area contributed by atoms with Crippen molar-refractivity contribution < 1.29 is 9.47 Å². The van der Waals surface area contributed by atoms with Crippen molar-refractivity contribution in [3.05, 3.63) is 10.9 Å². The minimum absolute atomic E-state index is 0.190. The van der Waals surface area contributed by atoms with Crippen molar-refractivity contribution in [2.24, 2.45) is 7.05 Å². The quantitative estimate of drug-likeness (QED) is 0.765. The van der Waals surface area contributed by atoms with Crippen LogP contribution in [0, 0.1) is 0 Å². The molecule has 0 aromatic carbocycles. The van der Waals surface area contributed by atoms with Gasteiger partial charge in [0.2, 0.25) is 0 Å². The number of fused-ring (bicyclic) bond motifs is 1. The van der Waals surface area contributed by atoms with Gasteiger partial charge in [0.15, 0.2) is 5.65 Å². The van der Waals surface area contributed by atoms with Crippen molar-refractivity contribution in [3.8, 4) is 0 Å². The Morgan fingerprint density at radius 3 is 3.05 bits per heavy atom. The van der Waals surface area contributed by atoms with Crippen LogP contribution >= 0.6 is 15.9 Å². The van der Waals surface area contributed by atoms with Gasteiger partial charge in [0, 0.05) is 26.6 Å². The molecule has 0 aliphatic carbocycles. The SMILES string of the molecule is Cn1nc(Br)c2c(N3CCOC4(CCOC4)C3)ncnc21. The largest absolute Gasteiger partial charge is 0.378 e. The number of morpholine rings is 1. The summed E-state index contributed by atoms with van der Waals surface area (Å²) >= 11 is 3.52. The Hall–Kier alpha value is -1.25. The fourth-order valence-corrected chi connectivity index (χ4v) is 3.71. The molecule has 2 aliphatic heterocycles. The van der Waals surface area contributed by atoms with Crippen LogP contribution in [0.2, 0.25) is 0 Å². The predicted octanol–water partition coefficient (Wildman–Crippen LogP) is 1.12. The van der Waals surface area contributed by atoms with Crippen molar-refractivity contribution in [3.63, 3.8) is 0 Å². The van der Waals surface area contributed by atoms with Gasteiger partial charge in [0.05, 0.1) is 25.1 Å². The first-order valence-electron chi connectivity index (χ1n) is 6.98. The van der Waals surface area contributed by atoms with Gasteiger partial charge in [0.25, 0.3) is 0 Å². The van der Waals surface area contributed by atoms with Gasteiger partial charge in [-0.3, -0.25) is 0 Å². The highest BCUT2D eigenvalue weighted by Gasteiger charge is 2.41. The van der Waals surface area contributed by atoms with E-state index in [1.807, 2.05) is 7.05 Å². The number of ether oxygens (including phenoxy) is 2. The molecule has 2 aliphatic rings. The average molecular weight is 354 g/mol. The zero-order chi connectivity index (χ0) is 14.4. The molecule has 0 amide bonds. The molecule has 4 rings (SSSR count). The van der Waals surface area contributed by atoms with Crippen LogP contribution in [0.5, 0.6) is 0 Å². The molecule has 1 spiro atoms. The number of hydrogen-bond donors (Lipinski definition) is 0. The fourth-order valence-electron chi connectivity index (χ4n) is 3.12. The molecule has 2 saturated heterocycles. The molecule has 1 unspecified atom stereocenters. The highest BCUT2D eigenvalue weighted by atomic mass is 79.9. The molecular formula is C13H16BrN5O2. The number of nitrogens with zero attached hydrogens (tertiary/aromatic N) is 5. The van der Waals surface area contributed by atoms with Crippen LogP contribution in [0.25, 0.3) is 11.0 Å². The lowest BCUT2D eigenvalue weighted by Gasteiger charge is -2.40. The summed E-state index contributed by atoms with van der Waals surface area (Å²) in [6.07, 6.45) is 2.53. The maximum atomic E-state index is 5.98. The lowest BCUT2D eigenvalue weighted by molar-refractivity contribution is -0.0580. The smallest absolute Gasteiger partial charge is 0.164 e. The van der Waals surface area contributed by atoms with E-state index in [1.54, 1.807) is 11.0 Å². The van der Waals surface area contributed by atoms with Crippen LogP contribution in [0.4, 0.5) is 5.82 Å². The predicted molar refractivity (Wildman–Crippen MR) is 80.3 cm³/mol. The zero-order valence-electron chi connectivity index (χ0n) is 11.8. The molecule has 2 aromatic rings. The second-order valence-corrected chi connectivity index (χ2v) is 6.32. The van der Waals surface area contributed by atoms with E-state index in [1.165, 1.54) is 0 Å². The number of hydrogen-bond acceptors (Lipinski definition) is 6. The molecule has 21 heavy (non-hydrogen) atoms. The van der Waals surface area contributed by atoms with Crippen molar-refractivity contribution in [2.75, 3.05) is 37.8 Å². The molecule has 4 heterocycles. The van der Waals surface area contributed by atoms with E-state index >= 15 is 0 Å². The first-order chi connectivity index (χ1) is 10.2. The van der Waals surface area contributed by atoms with Crippen molar-refractivity contribution in [2.45, 2.75) is 12.0 Å². The zero-order valence-corrected chi connectivity index (χ0v) is 13.3. The Bertz CT molecular complexity index is 682. The average Bonchev–Trinajstić information content (AvgIpc) is 3.05. The van der Waals surface area contributed by atoms with Crippen LogP contribution in [0.1, 0.15) is 6.42 Å². The molecule has 1 atom stereocenters. The van der Waals surface area contributed by atoms with Crippen LogP contribution in [0.15, 0.2) is 10.9 Å². The van der Waals surface area contributed by atoms with Gasteiger partial charge in [-0.15, -0.1) is 0 Å². The summed E-state index contributed by atoms with van der Waals surface area (Å²) in [5, 5.41) is 5.34. The summed E-state index contributed by atoms with van der Waals surface area (Å²) in [7, 11) is 1.88. The maximum absolute atomic E-state index is 5.98. The van der Waals surface area contributed by atoms with E-state index in [-0.39, 0.29) is 5.60 Å². The van der Waals surface area contributed by atoms with Crippen molar-refractivity contribution in [1.29, 1.82) is 0 Å². The molecule has 0 N–H and O–H groups in total. The van der Waals surface area contributed by atoms with Gasteiger partial charge >= 0.3 is 0 Å². The van der Waals surface area contributed by atoms with Crippen LogP contribution in [-0.4, -0.2) is 58.3 Å². The Labute approximate surface area is 130 Å². The van der Waals surface area contributed by atoms with E-state index in [9.17, 15) is 0 Å². The Morgan fingerprint density at radius 2 is 2.24 bits per heavy atom. The lowest BCUT2D eigenvalue weighted by atomic mass is 10.0. The Kier molecular flexibility index (Phi) is 3.13. The van der Waals surface area contributed by atoms with E-state index in [2.05, 4.69) is 35.9 Å². The normalized spacial score (nSPS) is 26.1. The second-order valence-electron chi connectivity index (χ2n) is 5.57. The highest BCUT2D eigenvalue weighted by molar-refractivity contribution is 9.10. The van der Waals surface area contributed by atoms with Gasteiger partial charge in [-0.2, -0.15) is 5.10 Å². The third-order valence-corrected chi connectivity index (χ3v) is 4.73. The minimum atomic E-state index is -0.190. The standard InChI is InChI=1S/C13H16BrN5O2/c1-18-11-9(10(14)17-18)12(16-8-15-11)19-3-5-21-13(6-19)2-4-20-7-13/h8H,2-7H2,1H3. The number of halogens is 1. The van der Waals surface area contributed by atoms with Crippen molar-refractivity contribution in [1.82, 2.24) is 19.7 Å². The molecule has 2 fully saturated rings. The molecule has 7 nitrogen and oxygen atoms in total. The second kappa shape index (κ2) is 4.89. The molecular weight excluding hydrogens is 338 g/mol. The van der Waals surface area contributed by atoms with Crippen molar-refractivity contribution >= 4 is 32.8 Å². The maximum Gasteiger partial charge on any atom is 0.164 e. The molecule has 8 heteroatoms. The van der Waals surface area contributed by atoms with E-state index in [0.717, 1.165) is 47.6 Å². The summed E-state index contributed by atoms with van der Waals surface area (Å²) in [6, 6.07) is 0. The van der Waals surface area contributed by atoms with Gasteiger partial charge in [-0.05, 0) is 15.9 Å². The third-order valence-electron chi connectivity index (χ3n) is 4.17. The molecule has 112 valence electrons. The van der Waals surface area contributed by atoms with Gasteiger partial charge in [0.1, 0.15) is 22.3 Å². The fraction of sp³-hybridized carbons (Fsp3) is 0.615. The number of aryl methyl sites for hydroxylation is 1. The van der Waals surface area contributed by atoms with Crippen LogP contribution in [-0.2, 0) is 16.5 Å². The molecule has 0 saturated carbocycles. The lowest BCUT2D eigenvalue weighted by Crippen LogP contribution is -2.52. The summed E-state index contributed by atoms with van der Waals surface area (Å²) in [6.45, 7) is 3.72. The van der Waals surface area contributed by atoms with Gasteiger partial charge < -0.3 is 14.4 Å². The molecule has 0 bridgehead atoms.